The van der Waals surface area contributed by atoms with Crippen LogP contribution in [-0.4, -0.2) is 9.55 Å². The van der Waals surface area contributed by atoms with Gasteiger partial charge in [-0.25, -0.2) is 4.98 Å². The van der Waals surface area contributed by atoms with Crippen LogP contribution in [0.1, 0.15) is 18.9 Å². The van der Waals surface area contributed by atoms with E-state index in [9.17, 15) is 0 Å². The molecular formula is C15H16BrN3S. The van der Waals surface area contributed by atoms with Gasteiger partial charge in [-0.05, 0) is 52.2 Å². The summed E-state index contributed by atoms with van der Waals surface area (Å²) < 4.78 is 3.43. The van der Waals surface area contributed by atoms with Gasteiger partial charge in [0, 0.05) is 13.1 Å². The fraction of sp³-hybridized carbons (Fsp3) is 0.267. The molecule has 0 bridgehead atoms. The maximum atomic E-state index is 5.72. The summed E-state index contributed by atoms with van der Waals surface area (Å²) in [7, 11) is 0. The van der Waals surface area contributed by atoms with Gasteiger partial charge in [-0.3, -0.25) is 0 Å². The van der Waals surface area contributed by atoms with E-state index in [1.807, 2.05) is 0 Å². The van der Waals surface area contributed by atoms with Gasteiger partial charge >= 0.3 is 0 Å². The minimum absolute atomic E-state index is 0.552. The third-order valence-corrected chi connectivity index (χ3v) is 4.91. The predicted molar refractivity (Wildman–Crippen MR) is 88.9 cm³/mol. The number of halogens is 1. The normalized spacial score (nSPS) is 11.3. The third-order valence-electron chi connectivity index (χ3n) is 3.29. The van der Waals surface area contributed by atoms with Crippen molar-refractivity contribution in [1.82, 2.24) is 9.55 Å². The van der Waals surface area contributed by atoms with Crippen LogP contribution in [0.2, 0.25) is 0 Å². The molecule has 0 fully saturated rings. The van der Waals surface area contributed by atoms with Crippen LogP contribution in [0, 0.1) is 0 Å². The second-order valence-corrected chi connectivity index (χ2v) is 7.18. The Morgan fingerprint density at radius 3 is 2.80 bits per heavy atom. The monoisotopic (exact) mass is 349 g/mol. The fourth-order valence-corrected chi connectivity index (χ4v) is 3.76. The number of rotatable bonds is 4. The SMILES string of the molecule is CCCn1c(-c2ccc(Br)s2)nc2cc(CN)ccc21. The van der Waals surface area contributed by atoms with Crippen molar-refractivity contribution in [3.8, 4) is 10.7 Å². The Labute approximate surface area is 130 Å². The third kappa shape index (κ3) is 2.41. The fourth-order valence-electron chi connectivity index (χ4n) is 2.37. The highest BCUT2D eigenvalue weighted by molar-refractivity contribution is 9.11. The summed E-state index contributed by atoms with van der Waals surface area (Å²) >= 11 is 5.24. The van der Waals surface area contributed by atoms with Gasteiger partial charge in [0.05, 0.1) is 19.7 Å². The van der Waals surface area contributed by atoms with Crippen LogP contribution in [0.15, 0.2) is 34.1 Å². The zero-order valence-electron chi connectivity index (χ0n) is 11.3. The van der Waals surface area contributed by atoms with Crippen molar-refractivity contribution in [2.75, 3.05) is 0 Å². The van der Waals surface area contributed by atoms with E-state index in [0.29, 0.717) is 6.54 Å². The van der Waals surface area contributed by atoms with E-state index in [-0.39, 0.29) is 0 Å². The molecular weight excluding hydrogens is 334 g/mol. The van der Waals surface area contributed by atoms with Crippen molar-refractivity contribution < 1.29 is 0 Å². The van der Waals surface area contributed by atoms with E-state index in [0.717, 1.165) is 33.7 Å². The Morgan fingerprint density at radius 1 is 1.30 bits per heavy atom. The van der Waals surface area contributed by atoms with E-state index in [1.54, 1.807) is 11.3 Å². The summed E-state index contributed by atoms with van der Waals surface area (Å²) in [6.07, 6.45) is 1.09. The Balaban J connectivity index is 2.21. The number of nitrogens with zero attached hydrogens (tertiary/aromatic N) is 2. The number of thiophene rings is 1. The maximum Gasteiger partial charge on any atom is 0.151 e. The van der Waals surface area contributed by atoms with E-state index in [1.165, 1.54) is 10.4 Å². The summed E-state index contributed by atoms with van der Waals surface area (Å²) in [4.78, 5) is 6.01. The van der Waals surface area contributed by atoms with Crippen molar-refractivity contribution in [2.45, 2.75) is 26.4 Å². The van der Waals surface area contributed by atoms with E-state index >= 15 is 0 Å². The summed E-state index contributed by atoms with van der Waals surface area (Å²) in [5, 5.41) is 0. The van der Waals surface area contributed by atoms with Gasteiger partial charge in [0.25, 0.3) is 0 Å². The van der Waals surface area contributed by atoms with E-state index < -0.39 is 0 Å². The predicted octanol–water partition coefficient (Wildman–Crippen LogP) is 4.40. The summed E-state index contributed by atoms with van der Waals surface area (Å²) in [5.74, 6) is 1.05. The van der Waals surface area contributed by atoms with Gasteiger partial charge in [-0.1, -0.05) is 13.0 Å². The molecule has 0 atom stereocenters. The highest BCUT2D eigenvalue weighted by Gasteiger charge is 2.14. The lowest BCUT2D eigenvalue weighted by Crippen LogP contribution is -1.99. The molecule has 0 saturated carbocycles. The minimum atomic E-state index is 0.552. The minimum Gasteiger partial charge on any atom is -0.326 e. The topological polar surface area (TPSA) is 43.8 Å². The summed E-state index contributed by atoms with van der Waals surface area (Å²) in [6, 6.07) is 10.5. The first-order valence-corrected chi connectivity index (χ1v) is 8.29. The molecule has 0 aliphatic heterocycles. The number of fused-ring (bicyclic) bond motifs is 1. The number of nitrogens with two attached hydrogens (primary N) is 1. The highest BCUT2D eigenvalue weighted by Crippen LogP contribution is 2.33. The Morgan fingerprint density at radius 2 is 2.15 bits per heavy atom. The zero-order chi connectivity index (χ0) is 14.1. The number of imidazole rings is 1. The molecule has 1 aromatic carbocycles. The molecule has 2 heterocycles. The van der Waals surface area contributed by atoms with Crippen LogP contribution < -0.4 is 5.73 Å². The average molecular weight is 350 g/mol. The van der Waals surface area contributed by atoms with Gasteiger partial charge in [-0.2, -0.15) is 0 Å². The smallest absolute Gasteiger partial charge is 0.151 e. The largest absolute Gasteiger partial charge is 0.326 e. The standard InChI is InChI=1S/C15H16BrN3S/c1-2-7-19-12-4-3-10(9-17)8-11(12)18-15(19)13-5-6-14(16)20-13/h3-6,8H,2,7,9,17H2,1H3. The van der Waals surface area contributed by atoms with Crippen molar-refractivity contribution in [3.05, 3.63) is 39.7 Å². The van der Waals surface area contributed by atoms with Gasteiger partial charge in [0.2, 0.25) is 0 Å². The van der Waals surface area contributed by atoms with Crippen LogP contribution in [0.5, 0.6) is 0 Å². The molecule has 3 aromatic rings. The van der Waals surface area contributed by atoms with Crippen molar-refractivity contribution >= 4 is 38.3 Å². The first-order chi connectivity index (χ1) is 9.72. The molecule has 0 aliphatic carbocycles. The van der Waals surface area contributed by atoms with Crippen LogP contribution in [-0.2, 0) is 13.1 Å². The lowest BCUT2D eigenvalue weighted by Gasteiger charge is -2.06. The first-order valence-electron chi connectivity index (χ1n) is 6.68. The van der Waals surface area contributed by atoms with Crippen LogP contribution >= 0.6 is 27.3 Å². The average Bonchev–Trinajstić information content (AvgIpc) is 3.03. The molecule has 2 aromatic heterocycles. The van der Waals surface area contributed by atoms with Gasteiger partial charge in [-0.15, -0.1) is 11.3 Å². The molecule has 0 aliphatic rings. The molecule has 0 radical (unpaired) electrons. The zero-order valence-corrected chi connectivity index (χ0v) is 13.7. The van der Waals surface area contributed by atoms with Crippen molar-refractivity contribution in [3.63, 3.8) is 0 Å². The molecule has 2 N–H and O–H groups in total. The molecule has 0 unspecified atom stereocenters. The molecule has 0 spiro atoms. The van der Waals surface area contributed by atoms with E-state index in [4.69, 9.17) is 10.7 Å². The van der Waals surface area contributed by atoms with Crippen LogP contribution in [0.4, 0.5) is 0 Å². The Bertz CT molecular complexity index is 745. The Kier molecular flexibility index (Phi) is 3.92. The second kappa shape index (κ2) is 5.68. The molecule has 104 valence electrons. The van der Waals surface area contributed by atoms with Crippen molar-refractivity contribution in [2.24, 2.45) is 5.73 Å². The molecule has 0 saturated heterocycles. The number of benzene rings is 1. The summed E-state index contributed by atoms with van der Waals surface area (Å²) in [6.45, 7) is 3.72. The first kappa shape index (κ1) is 13.8. The maximum absolute atomic E-state index is 5.72. The molecule has 3 nitrogen and oxygen atoms in total. The highest BCUT2D eigenvalue weighted by atomic mass is 79.9. The van der Waals surface area contributed by atoms with Gasteiger partial charge < -0.3 is 10.3 Å². The number of aryl methyl sites for hydroxylation is 1. The molecule has 0 amide bonds. The Hall–Kier alpha value is -1.17. The van der Waals surface area contributed by atoms with Crippen LogP contribution in [0.25, 0.3) is 21.7 Å². The number of hydrogen-bond donors (Lipinski definition) is 1. The second-order valence-electron chi connectivity index (χ2n) is 4.72. The molecule has 20 heavy (non-hydrogen) atoms. The summed E-state index contributed by atoms with van der Waals surface area (Å²) in [5.41, 5.74) is 9.06. The number of aromatic nitrogens is 2. The van der Waals surface area contributed by atoms with Gasteiger partial charge in [0.1, 0.15) is 0 Å². The lowest BCUT2D eigenvalue weighted by atomic mass is 10.2. The molecule has 5 heteroatoms. The van der Waals surface area contributed by atoms with Gasteiger partial charge in [0.15, 0.2) is 5.82 Å². The quantitative estimate of drug-likeness (QED) is 0.758. The van der Waals surface area contributed by atoms with E-state index in [2.05, 4.69) is 57.8 Å². The number of hydrogen-bond acceptors (Lipinski definition) is 3. The molecule has 3 rings (SSSR count). The van der Waals surface area contributed by atoms with Crippen molar-refractivity contribution in [1.29, 1.82) is 0 Å². The van der Waals surface area contributed by atoms with Crippen LogP contribution in [0.3, 0.4) is 0 Å². The lowest BCUT2D eigenvalue weighted by molar-refractivity contribution is 0.705.